The fourth-order valence-electron chi connectivity index (χ4n) is 6.60. The Morgan fingerprint density at radius 2 is 0.953 bits per heavy atom. The maximum Gasteiger partial charge on any atom is 0.309 e. The van der Waals surface area contributed by atoms with Crippen molar-refractivity contribution in [2.45, 2.75) is 213 Å². The van der Waals surface area contributed by atoms with Gasteiger partial charge in [0.05, 0.1) is 12.0 Å². The van der Waals surface area contributed by atoms with E-state index in [1.54, 1.807) is 0 Å². The third-order valence-corrected chi connectivity index (χ3v) is 9.75. The summed E-state index contributed by atoms with van der Waals surface area (Å²) in [5.74, 6) is 0.215. The number of ether oxygens (including phenoxy) is 2. The van der Waals surface area contributed by atoms with E-state index in [0.717, 1.165) is 45.4 Å². The maximum atomic E-state index is 12.9. The van der Waals surface area contributed by atoms with Crippen LogP contribution in [0.5, 0.6) is 0 Å². The summed E-state index contributed by atoms with van der Waals surface area (Å²) in [6.45, 7) is 9.86. The minimum Gasteiger partial charge on any atom is -0.462 e. The van der Waals surface area contributed by atoms with Crippen LogP contribution >= 0.6 is 0 Å². The van der Waals surface area contributed by atoms with E-state index in [-0.39, 0.29) is 18.0 Å². The molecule has 0 aromatic carbocycles. The smallest absolute Gasteiger partial charge is 0.309 e. The number of nitrogens with zero attached hydrogens (tertiary/aromatic N) is 1. The highest BCUT2D eigenvalue weighted by atomic mass is 16.5. The maximum absolute atomic E-state index is 12.9. The van der Waals surface area contributed by atoms with E-state index < -0.39 is 0 Å². The van der Waals surface area contributed by atoms with Crippen molar-refractivity contribution in [3.8, 4) is 0 Å². The number of esters is 1. The van der Waals surface area contributed by atoms with Gasteiger partial charge in [0.1, 0.15) is 6.10 Å². The van der Waals surface area contributed by atoms with Gasteiger partial charge in [-0.05, 0) is 77.9 Å². The fraction of sp³-hybridized carbons (Fsp3) is 0.974. The molecule has 0 aliphatic carbocycles. The summed E-state index contributed by atoms with van der Waals surface area (Å²) in [6, 6.07) is 0. The Morgan fingerprint density at radius 1 is 0.558 bits per heavy atom. The topological polar surface area (TPSA) is 38.8 Å². The van der Waals surface area contributed by atoms with Gasteiger partial charge in [0.2, 0.25) is 0 Å². The molecule has 0 N–H and O–H groups in total. The van der Waals surface area contributed by atoms with Crippen molar-refractivity contribution in [2.75, 3.05) is 26.7 Å². The monoisotopic (exact) mass is 608 g/mol. The predicted molar refractivity (Wildman–Crippen MR) is 187 cm³/mol. The van der Waals surface area contributed by atoms with E-state index in [2.05, 4.69) is 32.7 Å². The lowest BCUT2D eigenvalue weighted by Gasteiger charge is -2.29. The minimum atomic E-state index is 0.0925. The minimum absolute atomic E-state index is 0.0925. The number of hydrogen-bond acceptors (Lipinski definition) is 4. The molecule has 4 nitrogen and oxygen atoms in total. The highest BCUT2D eigenvalue weighted by Crippen LogP contribution is 2.23. The molecule has 1 heterocycles. The summed E-state index contributed by atoms with van der Waals surface area (Å²) in [5.41, 5.74) is 0. The Hall–Kier alpha value is -0.610. The molecule has 2 atom stereocenters. The molecule has 2 unspecified atom stereocenters. The van der Waals surface area contributed by atoms with Crippen molar-refractivity contribution in [3.63, 3.8) is 0 Å². The number of likely N-dealkylation sites (tertiary alicyclic amines) is 1. The van der Waals surface area contributed by atoms with Gasteiger partial charge in [0, 0.05) is 6.61 Å². The second kappa shape index (κ2) is 30.1. The van der Waals surface area contributed by atoms with Crippen LogP contribution < -0.4 is 0 Å². The second-order valence-corrected chi connectivity index (χ2v) is 14.0. The summed E-state index contributed by atoms with van der Waals surface area (Å²) in [4.78, 5) is 15.2. The number of piperidine rings is 1. The third-order valence-electron chi connectivity index (χ3n) is 9.75. The summed E-state index contributed by atoms with van der Waals surface area (Å²) >= 11 is 0. The lowest BCUT2D eigenvalue weighted by molar-refractivity contribution is -0.156. The zero-order valence-electron chi connectivity index (χ0n) is 29.8. The van der Waals surface area contributed by atoms with E-state index in [9.17, 15) is 4.79 Å². The summed E-state index contributed by atoms with van der Waals surface area (Å²) in [6.07, 6.45) is 36.2. The highest BCUT2D eigenvalue weighted by molar-refractivity contribution is 5.72. The van der Waals surface area contributed by atoms with E-state index in [1.807, 2.05) is 0 Å². The molecule has 1 aliphatic rings. The SMILES string of the molecule is CCCCCCCCCC(CCCCCCCCCCCOC(CCCC)CCCCCC)OC(=O)C1CCN(C)CC1. The molecule has 1 aliphatic heterocycles. The van der Waals surface area contributed by atoms with Gasteiger partial charge in [0.25, 0.3) is 0 Å². The van der Waals surface area contributed by atoms with Gasteiger partial charge in [-0.15, -0.1) is 0 Å². The van der Waals surface area contributed by atoms with Crippen LogP contribution in [0.4, 0.5) is 0 Å². The van der Waals surface area contributed by atoms with Crippen molar-refractivity contribution in [3.05, 3.63) is 0 Å². The summed E-state index contributed by atoms with van der Waals surface area (Å²) in [7, 11) is 2.15. The Balaban J connectivity index is 2.14. The van der Waals surface area contributed by atoms with Crippen molar-refractivity contribution in [1.29, 1.82) is 0 Å². The zero-order valence-corrected chi connectivity index (χ0v) is 29.8. The van der Waals surface area contributed by atoms with Crippen LogP contribution in [0, 0.1) is 5.92 Å². The van der Waals surface area contributed by atoms with Gasteiger partial charge in [-0.3, -0.25) is 4.79 Å². The molecule has 0 spiro atoms. The van der Waals surface area contributed by atoms with E-state index in [0.29, 0.717) is 6.10 Å². The Morgan fingerprint density at radius 3 is 1.47 bits per heavy atom. The van der Waals surface area contributed by atoms with Crippen LogP contribution in [0.25, 0.3) is 0 Å². The van der Waals surface area contributed by atoms with Crippen molar-refractivity contribution in [1.82, 2.24) is 4.90 Å². The van der Waals surface area contributed by atoms with Crippen LogP contribution in [-0.4, -0.2) is 49.8 Å². The number of carbonyl (C=O) groups excluding carboxylic acids is 1. The van der Waals surface area contributed by atoms with E-state index >= 15 is 0 Å². The fourth-order valence-corrected chi connectivity index (χ4v) is 6.60. The first-order valence-corrected chi connectivity index (χ1v) is 19.6. The van der Waals surface area contributed by atoms with Gasteiger partial charge in [-0.1, -0.05) is 143 Å². The van der Waals surface area contributed by atoms with E-state index in [1.165, 1.54) is 154 Å². The largest absolute Gasteiger partial charge is 0.462 e. The van der Waals surface area contributed by atoms with Gasteiger partial charge in [-0.25, -0.2) is 0 Å². The normalized spacial score (nSPS) is 16.0. The molecule has 0 amide bonds. The molecule has 0 aromatic heterocycles. The molecule has 1 rings (SSSR count). The molecule has 43 heavy (non-hydrogen) atoms. The van der Waals surface area contributed by atoms with Crippen molar-refractivity contribution >= 4 is 5.97 Å². The number of hydrogen-bond donors (Lipinski definition) is 0. The first-order chi connectivity index (χ1) is 21.1. The number of rotatable bonds is 31. The van der Waals surface area contributed by atoms with E-state index in [4.69, 9.17) is 9.47 Å². The molecule has 0 bridgehead atoms. The molecule has 4 heteroatoms. The molecular weight excluding hydrogens is 530 g/mol. The first-order valence-electron chi connectivity index (χ1n) is 19.6. The Labute approximate surface area is 270 Å². The Kier molecular flexibility index (Phi) is 28.3. The average Bonchev–Trinajstić information content (AvgIpc) is 3.01. The Bertz CT molecular complexity index is 589. The average molecular weight is 608 g/mol. The molecule has 0 aromatic rings. The van der Waals surface area contributed by atoms with Crippen molar-refractivity contribution in [2.24, 2.45) is 5.92 Å². The van der Waals surface area contributed by atoms with Crippen LogP contribution in [0.1, 0.15) is 201 Å². The molecule has 1 saturated heterocycles. The van der Waals surface area contributed by atoms with Gasteiger partial charge in [0.15, 0.2) is 0 Å². The van der Waals surface area contributed by atoms with Crippen LogP contribution in [0.3, 0.4) is 0 Å². The van der Waals surface area contributed by atoms with Gasteiger partial charge in [-0.2, -0.15) is 0 Å². The number of unbranched alkanes of at least 4 members (excludes halogenated alkanes) is 18. The molecule has 0 radical (unpaired) electrons. The molecule has 1 fully saturated rings. The molecular formula is C39H77NO3. The first kappa shape index (κ1) is 40.4. The number of carbonyl (C=O) groups is 1. The van der Waals surface area contributed by atoms with Crippen molar-refractivity contribution < 1.29 is 14.3 Å². The summed E-state index contributed by atoms with van der Waals surface area (Å²) in [5, 5.41) is 0. The molecule has 256 valence electrons. The third kappa shape index (κ3) is 24.3. The zero-order chi connectivity index (χ0) is 31.2. The standard InChI is InChI=1S/C39H77NO3/c1-5-8-11-13-17-20-24-29-38(43-39(41)36-31-33-40(4)34-32-36)30-25-21-18-15-14-16-19-22-26-35-42-37(27-10-7-3)28-23-12-9-6-2/h36-38H,5-35H2,1-4H3. The van der Waals surface area contributed by atoms with Crippen LogP contribution in [-0.2, 0) is 14.3 Å². The van der Waals surface area contributed by atoms with Gasteiger partial charge < -0.3 is 14.4 Å². The lowest BCUT2D eigenvalue weighted by atomic mass is 9.97. The lowest BCUT2D eigenvalue weighted by Crippen LogP contribution is -2.35. The molecule has 0 saturated carbocycles. The highest BCUT2D eigenvalue weighted by Gasteiger charge is 2.26. The quantitative estimate of drug-likeness (QED) is 0.0580. The van der Waals surface area contributed by atoms with Crippen LogP contribution in [0.15, 0.2) is 0 Å². The van der Waals surface area contributed by atoms with Gasteiger partial charge >= 0.3 is 5.97 Å². The second-order valence-electron chi connectivity index (χ2n) is 14.0. The predicted octanol–water partition coefficient (Wildman–Crippen LogP) is 11.8. The van der Waals surface area contributed by atoms with Crippen LogP contribution in [0.2, 0.25) is 0 Å². The summed E-state index contributed by atoms with van der Waals surface area (Å²) < 4.78 is 12.5.